The lowest BCUT2D eigenvalue weighted by molar-refractivity contribution is 0.252. The lowest BCUT2D eigenvalue weighted by atomic mass is 10.3. The predicted molar refractivity (Wildman–Crippen MR) is 92.0 cm³/mol. The molecule has 9 heteroatoms. The number of para-hydroxylation sites is 1. The Bertz CT molecular complexity index is 845. The van der Waals surface area contributed by atoms with E-state index < -0.39 is 27.7 Å². The highest BCUT2D eigenvalue weighted by Gasteiger charge is 2.21. The second kappa shape index (κ2) is 7.93. The molecular formula is C16H17F2N3O3S. The van der Waals surface area contributed by atoms with E-state index in [1.807, 2.05) is 0 Å². The van der Waals surface area contributed by atoms with Gasteiger partial charge >= 0.3 is 6.03 Å². The van der Waals surface area contributed by atoms with Crippen molar-refractivity contribution in [2.24, 2.45) is 0 Å². The Labute approximate surface area is 144 Å². The highest BCUT2D eigenvalue weighted by Crippen LogP contribution is 2.22. The number of nitrogens with zero attached hydrogens (tertiary/aromatic N) is 1. The number of nitrogens with one attached hydrogen (secondary N) is 2. The number of halogens is 2. The summed E-state index contributed by atoms with van der Waals surface area (Å²) in [4.78, 5) is 11.8. The fourth-order valence-corrected chi connectivity index (χ4v) is 3.04. The number of amides is 2. The fraction of sp³-hybridized carbons (Fsp3) is 0.188. The maximum absolute atomic E-state index is 13.9. The van der Waals surface area contributed by atoms with Gasteiger partial charge in [-0.1, -0.05) is 18.2 Å². The summed E-state index contributed by atoms with van der Waals surface area (Å²) in [5.74, 6) is -1.81. The molecule has 2 aromatic carbocycles. The van der Waals surface area contributed by atoms with Gasteiger partial charge in [0.15, 0.2) is 0 Å². The lowest BCUT2D eigenvalue weighted by Gasteiger charge is -2.23. The summed E-state index contributed by atoms with van der Waals surface area (Å²) < 4.78 is 51.4. The van der Waals surface area contributed by atoms with E-state index in [9.17, 15) is 22.0 Å². The molecule has 0 atom stereocenters. The number of anilines is 2. The zero-order valence-electron chi connectivity index (χ0n) is 13.4. The Kier molecular flexibility index (Phi) is 5.92. The van der Waals surface area contributed by atoms with Crippen molar-refractivity contribution in [2.75, 3.05) is 29.0 Å². The smallest absolute Gasteiger partial charge is 0.319 e. The standard InChI is InChI=1S/C16H17F2N3O3S/c1-25(23,24)21(15-8-7-12(17)11-14(15)18)10-9-19-16(22)20-13-5-3-2-4-6-13/h2-8,11H,9-10H2,1H3,(H2,19,20,22). The third kappa shape index (κ3) is 5.42. The van der Waals surface area contributed by atoms with E-state index in [2.05, 4.69) is 10.6 Å². The molecule has 2 aromatic rings. The molecule has 0 aliphatic carbocycles. The number of hydrogen-bond acceptors (Lipinski definition) is 3. The number of carbonyl (C=O) groups excluding carboxylic acids is 1. The third-order valence-corrected chi connectivity index (χ3v) is 4.39. The van der Waals surface area contributed by atoms with Crippen LogP contribution in [0.2, 0.25) is 0 Å². The van der Waals surface area contributed by atoms with Gasteiger partial charge in [-0.05, 0) is 24.3 Å². The van der Waals surface area contributed by atoms with Gasteiger partial charge in [-0.2, -0.15) is 0 Å². The number of hydrogen-bond donors (Lipinski definition) is 2. The van der Waals surface area contributed by atoms with Gasteiger partial charge in [0.1, 0.15) is 11.6 Å². The summed E-state index contributed by atoms with van der Waals surface area (Å²) in [5, 5.41) is 5.05. The van der Waals surface area contributed by atoms with Gasteiger partial charge in [-0.3, -0.25) is 4.31 Å². The van der Waals surface area contributed by atoms with E-state index in [4.69, 9.17) is 0 Å². The van der Waals surface area contributed by atoms with E-state index in [0.717, 1.165) is 22.7 Å². The Morgan fingerprint density at radius 2 is 1.80 bits per heavy atom. The average molecular weight is 369 g/mol. The Morgan fingerprint density at radius 3 is 2.40 bits per heavy atom. The molecule has 2 rings (SSSR count). The van der Waals surface area contributed by atoms with Gasteiger partial charge in [-0.25, -0.2) is 22.0 Å². The summed E-state index contributed by atoms with van der Waals surface area (Å²) in [7, 11) is -3.81. The molecule has 0 aliphatic heterocycles. The largest absolute Gasteiger partial charge is 0.336 e. The first kappa shape index (κ1) is 18.7. The van der Waals surface area contributed by atoms with Crippen LogP contribution in [0.1, 0.15) is 0 Å². The first-order chi connectivity index (χ1) is 11.8. The van der Waals surface area contributed by atoms with Crippen molar-refractivity contribution in [2.45, 2.75) is 0 Å². The molecule has 0 spiro atoms. The van der Waals surface area contributed by atoms with Crippen LogP contribution >= 0.6 is 0 Å². The second-order valence-electron chi connectivity index (χ2n) is 5.18. The SMILES string of the molecule is CS(=O)(=O)N(CCNC(=O)Nc1ccccc1)c1ccc(F)cc1F. The Hall–Kier alpha value is -2.68. The van der Waals surface area contributed by atoms with E-state index in [-0.39, 0.29) is 18.8 Å². The third-order valence-electron chi connectivity index (χ3n) is 3.21. The van der Waals surface area contributed by atoms with Crippen LogP contribution in [0.25, 0.3) is 0 Å². The zero-order valence-corrected chi connectivity index (χ0v) is 14.2. The van der Waals surface area contributed by atoms with Gasteiger partial charge in [-0.15, -0.1) is 0 Å². The summed E-state index contributed by atoms with van der Waals surface area (Å²) >= 11 is 0. The number of carbonyl (C=O) groups is 1. The molecule has 0 aliphatic rings. The summed E-state index contributed by atoms with van der Waals surface area (Å²) in [6.45, 7) is -0.272. The number of benzene rings is 2. The molecule has 0 radical (unpaired) electrons. The van der Waals surface area contributed by atoms with Crippen LogP contribution in [-0.4, -0.2) is 33.8 Å². The monoisotopic (exact) mass is 369 g/mol. The Morgan fingerprint density at radius 1 is 1.12 bits per heavy atom. The molecule has 6 nitrogen and oxygen atoms in total. The minimum atomic E-state index is -3.81. The molecular weight excluding hydrogens is 352 g/mol. The topological polar surface area (TPSA) is 78.5 Å². The van der Waals surface area contributed by atoms with Crippen LogP contribution in [0, 0.1) is 11.6 Å². The van der Waals surface area contributed by atoms with Gasteiger partial charge in [0.2, 0.25) is 10.0 Å². The second-order valence-corrected chi connectivity index (χ2v) is 7.08. The van der Waals surface area contributed by atoms with Crippen molar-refractivity contribution in [3.63, 3.8) is 0 Å². The molecule has 0 fully saturated rings. The van der Waals surface area contributed by atoms with Crippen LogP contribution in [0.4, 0.5) is 25.0 Å². The normalized spacial score (nSPS) is 11.0. The van der Waals surface area contributed by atoms with E-state index in [1.165, 1.54) is 0 Å². The molecule has 2 N–H and O–H groups in total. The average Bonchev–Trinajstić information content (AvgIpc) is 2.52. The van der Waals surface area contributed by atoms with Crippen molar-refractivity contribution in [1.82, 2.24) is 5.32 Å². The predicted octanol–water partition coefficient (Wildman–Crippen LogP) is 2.55. The van der Waals surface area contributed by atoms with Crippen molar-refractivity contribution < 1.29 is 22.0 Å². The lowest BCUT2D eigenvalue weighted by Crippen LogP contribution is -2.39. The molecule has 0 heterocycles. The van der Waals surface area contributed by atoms with Crippen LogP contribution in [0.5, 0.6) is 0 Å². The number of sulfonamides is 1. The van der Waals surface area contributed by atoms with E-state index in [1.54, 1.807) is 30.3 Å². The van der Waals surface area contributed by atoms with Crippen LogP contribution in [-0.2, 0) is 10.0 Å². The van der Waals surface area contributed by atoms with Gasteiger partial charge < -0.3 is 10.6 Å². The van der Waals surface area contributed by atoms with Crippen molar-refractivity contribution in [3.8, 4) is 0 Å². The van der Waals surface area contributed by atoms with Gasteiger partial charge in [0.05, 0.1) is 18.5 Å². The summed E-state index contributed by atoms with van der Waals surface area (Å²) in [6.07, 6.45) is 0.903. The number of rotatable bonds is 6. The van der Waals surface area contributed by atoms with Crippen LogP contribution in [0.3, 0.4) is 0 Å². The van der Waals surface area contributed by atoms with Crippen molar-refractivity contribution in [3.05, 3.63) is 60.2 Å². The summed E-state index contributed by atoms with van der Waals surface area (Å²) in [6, 6.07) is 10.7. The molecule has 2 amide bonds. The quantitative estimate of drug-likeness (QED) is 0.821. The minimum absolute atomic E-state index is 0.0669. The molecule has 0 aromatic heterocycles. The van der Waals surface area contributed by atoms with Crippen LogP contribution < -0.4 is 14.9 Å². The van der Waals surface area contributed by atoms with Gasteiger partial charge in [0.25, 0.3) is 0 Å². The highest BCUT2D eigenvalue weighted by molar-refractivity contribution is 7.92. The molecule has 0 bridgehead atoms. The summed E-state index contributed by atoms with van der Waals surface area (Å²) in [5.41, 5.74) is 0.290. The number of urea groups is 1. The Balaban J connectivity index is 2.00. The zero-order chi connectivity index (χ0) is 18.4. The molecule has 0 unspecified atom stereocenters. The van der Waals surface area contributed by atoms with Crippen molar-refractivity contribution >= 4 is 27.4 Å². The first-order valence-corrected chi connectivity index (χ1v) is 9.15. The maximum atomic E-state index is 13.9. The first-order valence-electron chi connectivity index (χ1n) is 7.30. The van der Waals surface area contributed by atoms with Crippen molar-refractivity contribution in [1.29, 1.82) is 0 Å². The minimum Gasteiger partial charge on any atom is -0.336 e. The molecule has 134 valence electrons. The van der Waals surface area contributed by atoms with E-state index in [0.29, 0.717) is 11.8 Å². The maximum Gasteiger partial charge on any atom is 0.319 e. The van der Waals surface area contributed by atoms with Gasteiger partial charge in [0, 0.05) is 18.3 Å². The fourth-order valence-electron chi connectivity index (χ4n) is 2.12. The molecule has 25 heavy (non-hydrogen) atoms. The van der Waals surface area contributed by atoms with E-state index >= 15 is 0 Å². The van der Waals surface area contributed by atoms with Crippen LogP contribution in [0.15, 0.2) is 48.5 Å². The molecule has 0 saturated carbocycles. The molecule has 0 saturated heterocycles. The highest BCUT2D eigenvalue weighted by atomic mass is 32.2.